The van der Waals surface area contributed by atoms with Gasteiger partial charge in [0.05, 0.1) is 22.4 Å². The van der Waals surface area contributed by atoms with Crippen molar-refractivity contribution in [1.29, 1.82) is 0 Å². The molecule has 20 heavy (non-hydrogen) atoms. The molecule has 0 aliphatic carbocycles. The number of pyridine rings is 1. The molecule has 0 spiro atoms. The van der Waals surface area contributed by atoms with E-state index in [-0.39, 0.29) is 52.6 Å². The molecule has 2 rings (SSSR count). The molecule has 0 aliphatic rings. The molecule has 100 valence electrons. The van der Waals surface area contributed by atoms with Crippen LogP contribution in [0.5, 0.6) is 0 Å². The number of aromatic carboxylic acids is 1. The summed E-state index contributed by atoms with van der Waals surface area (Å²) in [5.74, 6) is -3.42. The number of fused-ring (bicyclic) bond motifs is 1. The average Bonchev–Trinajstić information content (AvgIpc) is 2.37. The van der Waals surface area contributed by atoms with Gasteiger partial charge in [0.1, 0.15) is 5.82 Å². The number of nitrogens with zero attached hydrogens (tertiary/aromatic N) is 1. The zero-order valence-electron chi connectivity index (χ0n) is 11.3. The van der Waals surface area contributed by atoms with E-state index in [4.69, 9.17) is 0 Å². The van der Waals surface area contributed by atoms with E-state index >= 15 is 0 Å². The molecule has 0 saturated carbocycles. The van der Waals surface area contributed by atoms with Gasteiger partial charge in [0.15, 0.2) is 11.2 Å². The fourth-order valence-electron chi connectivity index (χ4n) is 1.98. The Kier molecular flexibility index (Phi) is 5.07. The third kappa shape index (κ3) is 2.51. The first kappa shape index (κ1) is 16.8. The second-order valence-corrected chi connectivity index (χ2v) is 4.14. The second kappa shape index (κ2) is 6.03. The predicted molar refractivity (Wildman–Crippen MR) is 62.9 cm³/mol. The van der Waals surface area contributed by atoms with Gasteiger partial charge < -0.3 is 14.5 Å². The summed E-state index contributed by atoms with van der Waals surface area (Å²) in [4.78, 5) is 22.7. The number of halogens is 2. The summed E-state index contributed by atoms with van der Waals surface area (Å²) in [6.07, 6.45) is 1.01. The molecule has 0 atom stereocenters. The van der Waals surface area contributed by atoms with Crippen LogP contribution in [-0.2, 0) is 6.54 Å². The maximum absolute atomic E-state index is 14.1. The number of carbonyl (C=O) groups excluding carboxylic acids is 1. The van der Waals surface area contributed by atoms with Crippen LogP contribution < -0.4 is 40.1 Å². The van der Waals surface area contributed by atoms with Crippen LogP contribution >= 0.6 is 0 Å². The SMILES string of the molecule is CCn1cc(C(=O)[O-])c(=O)c2cc(F)c(C)c(F)c21.[Na+]. The van der Waals surface area contributed by atoms with E-state index in [1.807, 2.05) is 0 Å². The van der Waals surface area contributed by atoms with Crippen LogP contribution in [0.4, 0.5) is 8.78 Å². The van der Waals surface area contributed by atoms with Crippen LogP contribution in [0, 0.1) is 18.6 Å². The Bertz CT molecular complexity index is 756. The number of aryl methyl sites for hydroxylation is 1. The van der Waals surface area contributed by atoms with Crippen LogP contribution in [0.3, 0.4) is 0 Å². The molecule has 0 aliphatic heterocycles. The van der Waals surface area contributed by atoms with Crippen molar-refractivity contribution in [2.75, 3.05) is 0 Å². The third-order valence-corrected chi connectivity index (χ3v) is 3.04. The molecule has 0 radical (unpaired) electrons. The van der Waals surface area contributed by atoms with Gasteiger partial charge in [0.2, 0.25) is 0 Å². The van der Waals surface area contributed by atoms with E-state index in [1.54, 1.807) is 6.92 Å². The van der Waals surface area contributed by atoms with Crippen LogP contribution in [-0.4, -0.2) is 10.5 Å². The maximum atomic E-state index is 14.1. The fourth-order valence-corrected chi connectivity index (χ4v) is 1.98. The van der Waals surface area contributed by atoms with E-state index in [0.29, 0.717) is 0 Å². The monoisotopic (exact) mass is 289 g/mol. The molecule has 0 unspecified atom stereocenters. The van der Waals surface area contributed by atoms with Gasteiger partial charge in [-0.1, -0.05) is 0 Å². The van der Waals surface area contributed by atoms with Gasteiger partial charge in [-0.3, -0.25) is 4.79 Å². The van der Waals surface area contributed by atoms with Gasteiger partial charge >= 0.3 is 29.6 Å². The molecule has 0 saturated heterocycles. The molecule has 0 N–H and O–H groups in total. The van der Waals surface area contributed by atoms with Crippen molar-refractivity contribution < 1.29 is 48.2 Å². The number of carbonyl (C=O) groups is 1. The quantitative estimate of drug-likeness (QED) is 0.599. The third-order valence-electron chi connectivity index (χ3n) is 3.04. The van der Waals surface area contributed by atoms with E-state index in [1.165, 1.54) is 11.5 Å². The van der Waals surface area contributed by atoms with E-state index in [9.17, 15) is 23.5 Å². The normalized spacial score (nSPS) is 10.4. The van der Waals surface area contributed by atoms with Crippen molar-refractivity contribution in [2.24, 2.45) is 0 Å². The summed E-state index contributed by atoms with van der Waals surface area (Å²) in [7, 11) is 0. The summed E-state index contributed by atoms with van der Waals surface area (Å²) in [6.45, 7) is 3.14. The topological polar surface area (TPSA) is 62.1 Å². The second-order valence-electron chi connectivity index (χ2n) is 4.14. The smallest absolute Gasteiger partial charge is 0.545 e. The number of rotatable bonds is 2. The number of aromatic nitrogens is 1. The predicted octanol–water partition coefficient (Wildman–Crippen LogP) is -2.02. The zero-order chi connectivity index (χ0) is 14.3. The largest absolute Gasteiger partial charge is 1.00 e. The standard InChI is InChI=1S/C13H11F2NO3.Na/c1-3-16-5-8(13(18)19)12(17)7-4-9(14)6(2)10(15)11(7)16;/h4-5H,3H2,1-2H3,(H,18,19);/q;+1/p-1. The summed E-state index contributed by atoms with van der Waals surface area (Å²) < 4.78 is 28.8. The fraction of sp³-hybridized carbons (Fsp3) is 0.231. The first-order chi connectivity index (χ1) is 8.88. The summed E-state index contributed by atoms with van der Waals surface area (Å²) >= 11 is 0. The van der Waals surface area contributed by atoms with Crippen molar-refractivity contribution in [3.05, 3.63) is 45.2 Å². The summed E-state index contributed by atoms with van der Waals surface area (Å²) in [6, 6.07) is 0.856. The molecule has 7 heteroatoms. The number of carboxylic acids is 1. The first-order valence-electron chi connectivity index (χ1n) is 5.61. The summed E-state index contributed by atoms with van der Waals surface area (Å²) in [5.41, 5.74) is -1.87. The van der Waals surface area contributed by atoms with Crippen molar-refractivity contribution in [3.63, 3.8) is 0 Å². The first-order valence-corrected chi connectivity index (χ1v) is 5.61. The molecule has 4 nitrogen and oxygen atoms in total. The number of hydrogen-bond donors (Lipinski definition) is 0. The molecule has 0 fully saturated rings. The van der Waals surface area contributed by atoms with Gasteiger partial charge in [-0.15, -0.1) is 0 Å². The van der Waals surface area contributed by atoms with Crippen LogP contribution in [0.1, 0.15) is 22.8 Å². The minimum atomic E-state index is -1.67. The van der Waals surface area contributed by atoms with Gasteiger partial charge in [-0.05, 0) is 19.9 Å². The molecule has 1 aromatic carbocycles. The Morgan fingerprint density at radius 3 is 2.50 bits per heavy atom. The van der Waals surface area contributed by atoms with Gasteiger partial charge in [0, 0.05) is 18.3 Å². The van der Waals surface area contributed by atoms with E-state index in [0.717, 1.165) is 12.3 Å². The number of hydrogen-bond acceptors (Lipinski definition) is 3. The number of benzene rings is 1. The van der Waals surface area contributed by atoms with Gasteiger partial charge in [-0.25, -0.2) is 8.78 Å². The van der Waals surface area contributed by atoms with Crippen molar-refractivity contribution in [2.45, 2.75) is 20.4 Å². The van der Waals surface area contributed by atoms with Crippen molar-refractivity contribution in [3.8, 4) is 0 Å². The molecule has 1 heterocycles. The molecular formula is C13H10F2NNaO3. The molecule has 0 bridgehead atoms. The van der Waals surface area contributed by atoms with E-state index in [2.05, 4.69) is 0 Å². The van der Waals surface area contributed by atoms with Gasteiger partial charge in [-0.2, -0.15) is 0 Å². The zero-order valence-corrected chi connectivity index (χ0v) is 13.3. The van der Waals surface area contributed by atoms with Crippen LogP contribution in [0.2, 0.25) is 0 Å². The van der Waals surface area contributed by atoms with Gasteiger partial charge in [0.25, 0.3) is 0 Å². The molecule has 0 amide bonds. The Morgan fingerprint density at radius 2 is 2.00 bits per heavy atom. The molecular weight excluding hydrogens is 279 g/mol. The minimum absolute atomic E-state index is 0. The van der Waals surface area contributed by atoms with E-state index < -0.39 is 28.6 Å². The Hall–Kier alpha value is -1.24. The Morgan fingerprint density at radius 1 is 1.40 bits per heavy atom. The Labute approximate surface area is 135 Å². The maximum Gasteiger partial charge on any atom is 1.00 e. The van der Waals surface area contributed by atoms with Crippen molar-refractivity contribution >= 4 is 16.9 Å². The molecule has 2 aromatic rings. The van der Waals surface area contributed by atoms with Crippen LogP contribution in [0.25, 0.3) is 10.9 Å². The minimum Gasteiger partial charge on any atom is -0.545 e. The van der Waals surface area contributed by atoms with Crippen molar-refractivity contribution in [1.82, 2.24) is 4.57 Å². The molecule has 1 aromatic heterocycles. The Balaban J connectivity index is 0.00000200. The summed E-state index contributed by atoms with van der Waals surface area (Å²) in [5, 5.41) is 10.6. The van der Waals surface area contributed by atoms with Crippen LogP contribution in [0.15, 0.2) is 17.1 Å². The number of carboxylic acid groups (broad SMARTS) is 1. The average molecular weight is 289 g/mol.